The van der Waals surface area contributed by atoms with Crippen molar-refractivity contribution < 1.29 is 39.0 Å². The van der Waals surface area contributed by atoms with Crippen molar-refractivity contribution in [1.29, 1.82) is 0 Å². The third-order valence-corrected chi connectivity index (χ3v) is 3.56. The van der Waals surface area contributed by atoms with Crippen molar-refractivity contribution in [2.24, 2.45) is 4.99 Å². The van der Waals surface area contributed by atoms with Crippen molar-refractivity contribution in [3.8, 4) is 0 Å². The van der Waals surface area contributed by atoms with Crippen LogP contribution < -0.4 is 5.48 Å². The smallest absolute Gasteiger partial charge is 0.387 e. The summed E-state index contributed by atoms with van der Waals surface area (Å²) in [5.41, 5.74) is 1.83. The summed E-state index contributed by atoms with van der Waals surface area (Å²) < 4.78 is 20.3. The van der Waals surface area contributed by atoms with Gasteiger partial charge in [-0.25, -0.2) is 9.56 Å². The number of aliphatic hydroxyl groups excluding tert-OH is 2. The maximum Gasteiger partial charge on any atom is 0.469 e. The van der Waals surface area contributed by atoms with Crippen molar-refractivity contribution in [3.63, 3.8) is 0 Å². The van der Waals surface area contributed by atoms with E-state index < -0.39 is 39.0 Å². The zero-order valence-electron chi connectivity index (χ0n) is 11.2. The van der Waals surface area contributed by atoms with Gasteiger partial charge in [0, 0.05) is 6.20 Å². The van der Waals surface area contributed by atoms with Crippen LogP contribution in [-0.2, 0) is 13.8 Å². The minimum Gasteiger partial charge on any atom is -0.387 e. The highest BCUT2D eigenvalue weighted by Gasteiger charge is 2.46. The molecule has 2 aliphatic rings. The molecule has 0 unspecified atom stereocenters. The normalized spacial score (nSPS) is 32.3. The number of hydrogen-bond donors (Lipinski definition) is 6. The van der Waals surface area contributed by atoms with Gasteiger partial charge in [0.25, 0.3) is 0 Å². The molecule has 2 aliphatic heterocycles. The quantitative estimate of drug-likeness (QED) is 0.255. The lowest BCUT2D eigenvalue weighted by molar-refractivity contribution is -0.0686. The van der Waals surface area contributed by atoms with Gasteiger partial charge in [-0.05, 0) is 6.08 Å². The lowest BCUT2D eigenvalue weighted by Crippen LogP contribution is -2.42. The molecular formula is C10H16N3O8P. The van der Waals surface area contributed by atoms with E-state index in [2.05, 4.69) is 16.1 Å². The van der Waals surface area contributed by atoms with Crippen LogP contribution in [0.4, 0.5) is 0 Å². The fourth-order valence-corrected chi connectivity index (χ4v) is 2.37. The van der Waals surface area contributed by atoms with Gasteiger partial charge in [-0.15, -0.1) is 0 Å². The van der Waals surface area contributed by atoms with Crippen molar-refractivity contribution >= 4 is 13.7 Å². The summed E-state index contributed by atoms with van der Waals surface area (Å²) in [6.45, 7) is 3.01. The van der Waals surface area contributed by atoms with Crippen LogP contribution in [0.2, 0.25) is 0 Å². The number of phosphoric ester groups is 1. The van der Waals surface area contributed by atoms with E-state index in [4.69, 9.17) is 19.7 Å². The number of rotatable bonds is 4. The zero-order chi connectivity index (χ0) is 16.5. The van der Waals surface area contributed by atoms with Gasteiger partial charge < -0.3 is 29.6 Å². The van der Waals surface area contributed by atoms with Crippen molar-refractivity contribution in [2.75, 3.05) is 6.61 Å². The minimum absolute atomic E-state index is 0.117. The van der Waals surface area contributed by atoms with Crippen LogP contribution in [-0.4, -0.2) is 67.1 Å². The van der Waals surface area contributed by atoms with Gasteiger partial charge in [0.05, 0.1) is 6.61 Å². The minimum atomic E-state index is -4.72. The Morgan fingerprint density at radius 1 is 1.45 bits per heavy atom. The molecule has 6 N–H and O–H groups in total. The maximum atomic E-state index is 10.7. The molecule has 0 aliphatic carbocycles. The van der Waals surface area contributed by atoms with Crippen LogP contribution in [0.25, 0.3) is 0 Å². The highest BCUT2D eigenvalue weighted by Crippen LogP contribution is 2.37. The lowest BCUT2D eigenvalue weighted by atomic mass is 10.1. The molecule has 0 amide bonds. The van der Waals surface area contributed by atoms with E-state index in [1.54, 1.807) is 0 Å². The highest BCUT2D eigenvalue weighted by molar-refractivity contribution is 7.46. The highest BCUT2D eigenvalue weighted by atomic mass is 31.2. The fraction of sp³-hybridized carbons (Fsp3) is 0.500. The summed E-state index contributed by atoms with van der Waals surface area (Å²) >= 11 is 0. The molecule has 0 aromatic rings. The van der Waals surface area contributed by atoms with Crippen LogP contribution in [0, 0.1) is 0 Å². The topological polar surface area (TPSA) is 164 Å². The Morgan fingerprint density at radius 2 is 2.14 bits per heavy atom. The Balaban J connectivity index is 2.05. The average Bonchev–Trinajstić information content (AvgIpc) is 2.72. The summed E-state index contributed by atoms with van der Waals surface area (Å²) in [5, 5.41) is 28.6. The number of hydrogen-bond acceptors (Lipinski definition) is 9. The number of hydroxylamine groups is 1. The van der Waals surface area contributed by atoms with E-state index >= 15 is 0 Å². The molecule has 124 valence electrons. The second-order valence-electron chi connectivity index (χ2n) is 4.58. The third-order valence-electron chi connectivity index (χ3n) is 3.07. The molecule has 22 heavy (non-hydrogen) atoms. The number of aliphatic hydroxyl groups is 2. The number of amidine groups is 1. The van der Waals surface area contributed by atoms with Gasteiger partial charge in [0.15, 0.2) is 12.1 Å². The van der Waals surface area contributed by atoms with Crippen LogP contribution in [0.15, 0.2) is 29.7 Å². The second-order valence-corrected chi connectivity index (χ2v) is 5.82. The molecular weight excluding hydrogens is 321 g/mol. The molecule has 0 aromatic carbocycles. The van der Waals surface area contributed by atoms with Crippen molar-refractivity contribution in [2.45, 2.75) is 24.5 Å². The van der Waals surface area contributed by atoms with E-state index in [1.165, 1.54) is 17.2 Å². The van der Waals surface area contributed by atoms with E-state index in [0.717, 1.165) is 0 Å². The number of ether oxygens (including phenoxy) is 1. The Kier molecular flexibility index (Phi) is 5.00. The molecule has 2 rings (SSSR count). The molecule has 11 nitrogen and oxygen atoms in total. The predicted molar refractivity (Wildman–Crippen MR) is 71.1 cm³/mol. The van der Waals surface area contributed by atoms with Gasteiger partial charge >= 0.3 is 7.82 Å². The third kappa shape index (κ3) is 3.72. The van der Waals surface area contributed by atoms with Crippen molar-refractivity contribution in [1.82, 2.24) is 10.4 Å². The molecule has 2 heterocycles. The summed E-state index contributed by atoms with van der Waals surface area (Å²) in [6, 6.07) is 0. The molecule has 4 atom stereocenters. The molecule has 0 radical (unpaired) electrons. The molecule has 0 aromatic heterocycles. The predicted octanol–water partition coefficient (Wildman–Crippen LogP) is -1.78. The Morgan fingerprint density at radius 3 is 2.68 bits per heavy atom. The summed E-state index contributed by atoms with van der Waals surface area (Å²) in [6.07, 6.45) is -2.25. The first-order valence-corrected chi connectivity index (χ1v) is 7.62. The van der Waals surface area contributed by atoms with E-state index in [-0.39, 0.29) is 11.7 Å². The van der Waals surface area contributed by atoms with Crippen LogP contribution in [0.5, 0.6) is 0 Å². The maximum absolute atomic E-state index is 10.7. The van der Waals surface area contributed by atoms with Crippen LogP contribution in [0.3, 0.4) is 0 Å². The zero-order valence-corrected chi connectivity index (χ0v) is 12.1. The van der Waals surface area contributed by atoms with E-state index in [0.29, 0.717) is 0 Å². The second kappa shape index (κ2) is 6.44. The SMILES string of the molecule is C=C1N=C(NO)C=CN1[C@@H]1O[C@H](COP(=O)(O)O)[C@@H](O)[C@H]1O. The van der Waals surface area contributed by atoms with Gasteiger partial charge in [0.1, 0.15) is 24.1 Å². The first-order valence-electron chi connectivity index (χ1n) is 6.09. The van der Waals surface area contributed by atoms with Crippen LogP contribution >= 0.6 is 7.82 Å². The largest absolute Gasteiger partial charge is 0.469 e. The summed E-state index contributed by atoms with van der Waals surface area (Å²) in [7, 11) is -4.72. The molecule has 0 spiro atoms. The Hall–Kier alpha value is -1.30. The Labute approximate surface area is 125 Å². The fourth-order valence-electron chi connectivity index (χ4n) is 2.03. The average molecular weight is 337 g/mol. The molecule has 0 saturated carbocycles. The summed E-state index contributed by atoms with van der Waals surface area (Å²) in [4.78, 5) is 22.5. The first-order chi connectivity index (χ1) is 10.2. The van der Waals surface area contributed by atoms with Gasteiger partial charge in [-0.1, -0.05) is 6.58 Å². The van der Waals surface area contributed by atoms with Gasteiger partial charge in [0.2, 0.25) is 0 Å². The summed E-state index contributed by atoms with van der Waals surface area (Å²) in [5.74, 6) is 0.238. The lowest BCUT2D eigenvalue weighted by Gasteiger charge is -2.30. The number of phosphoric acid groups is 1. The molecule has 1 fully saturated rings. The first kappa shape index (κ1) is 17.1. The molecule has 1 saturated heterocycles. The van der Waals surface area contributed by atoms with Gasteiger partial charge in [-0.3, -0.25) is 15.2 Å². The van der Waals surface area contributed by atoms with Crippen molar-refractivity contribution in [3.05, 3.63) is 24.7 Å². The van der Waals surface area contributed by atoms with Gasteiger partial charge in [-0.2, -0.15) is 0 Å². The number of nitrogens with one attached hydrogen (secondary N) is 1. The number of aliphatic imine (C=N–C) groups is 1. The monoisotopic (exact) mass is 337 g/mol. The van der Waals surface area contributed by atoms with E-state index in [9.17, 15) is 14.8 Å². The standard InChI is InChI=1S/C10H16N3O8P/c1-5-11-7(12-16)2-3-13(5)10-9(15)8(14)6(21-10)4-20-22(17,18)19/h2-3,6,8-10,14-16H,1,4H2,(H,11,12)(H2,17,18,19)/t6-,8-,9-,10-/m1/s1. The van der Waals surface area contributed by atoms with Crippen LogP contribution in [0.1, 0.15) is 0 Å². The van der Waals surface area contributed by atoms with E-state index in [1.807, 2.05) is 5.48 Å². The molecule has 12 heteroatoms. The Bertz CT molecular complexity index is 546. The molecule has 0 bridgehead atoms. The number of nitrogens with zero attached hydrogens (tertiary/aromatic N) is 2.